The maximum atomic E-state index is 10.2. The molecule has 0 bridgehead atoms. The number of non-ortho nitro benzene ring substituents is 1. The van der Waals surface area contributed by atoms with E-state index in [4.69, 9.17) is 0 Å². The minimum atomic E-state index is -0.683. The van der Waals surface area contributed by atoms with E-state index in [0.717, 1.165) is 0 Å². The molecule has 0 heterocycles. The molecular formula is C7H6NO4. The van der Waals surface area contributed by atoms with E-state index in [9.17, 15) is 15.2 Å². The Hall–Kier alpha value is -1.62. The Morgan fingerprint density at radius 1 is 1.33 bits per heavy atom. The second kappa shape index (κ2) is 3.68. The van der Waals surface area contributed by atoms with Crippen molar-refractivity contribution in [3.63, 3.8) is 0 Å². The highest BCUT2D eigenvalue weighted by Gasteiger charge is 2.03. The first-order chi connectivity index (χ1) is 5.74. The molecule has 0 amide bonds. The summed E-state index contributed by atoms with van der Waals surface area (Å²) in [7, 11) is 0. The summed E-state index contributed by atoms with van der Waals surface area (Å²) in [6.45, 7) is -0.683. The van der Waals surface area contributed by atoms with Gasteiger partial charge in [0.1, 0.15) is 5.75 Å². The van der Waals surface area contributed by atoms with Crippen molar-refractivity contribution in [1.29, 1.82) is 0 Å². The molecule has 0 fully saturated rings. The maximum absolute atomic E-state index is 10.2. The number of nitrogens with zero attached hydrogens (tertiary/aromatic N) is 1. The van der Waals surface area contributed by atoms with Gasteiger partial charge in [-0.2, -0.15) is 5.11 Å². The van der Waals surface area contributed by atoms with Gasteiger partial charge in [0.15, 0.2) is 0 Å². The van der Waals surface area contributed by atoms with Crippen LogP contribution in [0, 0.1) is 10.1 Å². The third kappa shape index (κ3) is 1.93. The van der Waals surface area contributed by atoms with Crippen LogP contribution < -0.4 is 4.74 Å². The molecule has 12 heavy (non-hydrogen) atoms. The normalized spacial score (nSPS) is 9.42. The highest BCUT2D eigenvalue weighted by Crippen LogP contribution is 2.16. The monoisotopic (exact) mass is 168 g/mol. The standard InChI is InChI=1S/C7H6NO4/c9-5-12-7-3-1-6(2-4-7)8(10)11/h1-4H,5H2. The Kier molecular flexibility index (Phi) is 2.60. The fourth-order valence-electron chi connectivity index (χ4n) is 0.732. The summed E-state index contributed by atoms with van der Waals surface area (Å²) in [6.07, 6.45) is 0. The predicted molar refractivity (Wildman–Crippen MR) is 39.3 cm³/mol. The molecule has 0 N–H and O–H groups in total. The first-order valence-electron chi connectivity index (χ1n) is 3.19. The molecule has 0 saturated heterocycles. The van der Waals surface area contributed by atoms with Crippen molar-refractivity contribution in [2.45, 2.75) is 0 Å². The third-order valence-electron chi connectivity index (χ3n) is 1.27. The molecule has 0 aliphatic rings. The summed E-state index contributed by atoms with van der Waals surface area (Å²) in [5.41, 5.74) is -0.0201. The van der Waals surface area contributed by atoms with Crippen LogP contribution in [0.4, 0.5) is 5.69 Å². The number of hydrogen-bond acceptors (Lipinski definition) is 3. The van der Waals surface area contributed by atoms with E-state index < -0.39 is 11.7 Å². The van der Waals surface area contributed by atoms with Crippen LogP contribution in [0.3, 0.4) is 0 Å². The minimum Gasteiger partial charge on any atom is -0.465 e. The fourth-order valence-corrected chi connectivity index (χ4v) is 0.732. The summed E-state index contributed by atoms with van der Waals surface area (Å²) in [4.78, 5) is 9.66. The van der Waals surface area contributed by atoms with Crippen molar-refractivity contribution in [3.8, 4) is 5.75 Å². The molecule has 1 radical (unpaired) electrons. The van der Waals surface area contributed by atoms with Crippen molar-refractivity contribution in [3.05, 3.63) is 34.4 Å². The van der Waals surface area contributed by atoms with Crippen molar-refractivity contribution in [1.82, 2.24) is 0 Å². The van der Waals surface area contributed by atoms with Crippen LogP contribution in [0.15, 0.2) is 24.3 Å². The number of hydrogen-bond donors (Lipinski definition) is 0. The van der Waals surface area contributed by atoms with Gasteiger partial charge in [0.2, 0.25) is 6.79 Å². The zero-order chi connectivity index (χ0) is 8.97. The van der Waals surface area contributed by atoms with Crippen LogP contribution in [0.1, 0.15) is 0 Å². The van der Waals surface area contributed by atoms with Gasteiger partial charge in [-0.25, -0.2) is 0 Å². The Morgan fingerprint density at radius 2 is 1.92 bits per heavy atom. The summed E-state index contributed by atoms with van der Waals surface area (Å²) in [5.74, 6) is 0.343. The molecule has 1 rings (SSSR count). The quantitative estimate of drug-likeness (QED) is 0.388. The number of nitro groups is 1. The topological polar surface area (TPSA) is 72.3 Å². The average Bonchev–Trinajstić information content (AvgIpc) is 2.06. The second-order valence-corrected chi connectivity index (χ2v) is 2.01. The first kappa shape index (κ1) is 8.48. The zero-order valence-electron chi connectivity index (χ0n) is 6.10. The van der Waals surface area contributed by atoms with Gasteiger partial charge in [-0.1, -0.05) is 0 Å². The largest absolute Gasteiger partial charge is 0.465 e. The molecule has 0 unspecified atom stereocenters. The second-order valence-electron chi connectivity index (χ2n) is 2.01. The predicted octanol–water partition coefficient (Wildman–Crippen LogP) is 1.36. The molecule has 5 nitrogen and oxygen atoms in total. The summed E-state index contributed by atoms with van der Waals surface area (Å²) in [6, 6.07) is 5.34. The molecule has 0 aliphatic carbocycles. The number of benzene rings is 1. The fraction of sp³-hybridized carbons (Fsp3) is 0.143. The van der Waals surface area contributed by atoms with Crippen LogP contribution in [-0.4, -0.2) is 11.7 Å². The van der Waals surface area contributed by atoms with Crippen LogP contribution in [0.5, 0.6) is 5.75 Å². The summed E-state index contributed by atoms with van der Waals surface area (Å²) >= 11 is 0. The summed E-state index contributed by atoms with van der Waals surface area (Å²) < 4.78 is 4.56. The van der Waals surface area contributed by atoms with Crippen LogP contribution in [0.25, 0.3) is 0 Å². The molecule has 0 aromatic heterocycles. The van der Waals surface area contributed by atoms with Crippen LogP contribution in [-0.2, 0) is 5.11 Å². The van der Waals surface area contributed by atoms with E-state index >= 15 is 0 Å². The van der Waals surface area contributed by atoms with Gasteiger partial charge in [0, 0.05) is 12.1 Å². The molecule has 5 heteroatoms. The minimum absolute atomic E-state index is 0.0201. The SMILES string of the molecule is [O]COc1ccc([N+](=O)[O-])cc1. The van der Waals surface area contributed by atoms with Crippen molar-refractivity contribution < 1.29 is 14.8 Å². The van der Waals surface area contributed by atoms with Gasteiger partial charge < -0.3 is 4.74 Å². The Labute approximate surface area is 68.4 Å². The molecule has 1 aromatic carbocycles. The smallest absolute Gasteiger partial charge is 0.269 e. The Bertz CT molecular complexity index is 269. The molecule has 63 valence electrons. The number of rotatable bonds is 3. The number of ether oxygens (including phenoxy) is 1. The van der Waals surface area contributed by atoms with Gasteiger partial charge in [-0.3, -0.25) is 10.1 Å². The highest BCUT2D eigenvalue weighted by atomic mass is 16.6. The maximum Gasteiger partial charge on any atom is 0.269 e. The Balaban J connectivity index is 2.78. The molecule has 1 aromatic rings. The van der Waals surface area contributed by atoms with Crippen LogP contribution in [0.2, 0.25) is 0 Å². The lowest BCUT2D eigenvalue weighted by atomic mass is 10.3. The van der Waals surface area contributed by atoms with Gasteiger partial charge >= 0.3 is 0 Å². The average molecular weight is 168 g/mol. The van der Waals surface area contributed by atoms with E-state index in [1.165, 1.54) is 24.3 Å². The van der Waals surface area contributed by atoms with E-state index in [1.807, 2.05) is 0 Å². The van der Waals surface area contributed by atoms with Gasteiger partial charge in [0.25, 0.3) is 5.69 Å². The highest BCUT2D eigenvalue weighted by molar-refractivity contribution is 5.35. The lowest BCUT2D eigenvalue weighted by Crippen LogP contribution is -1.93. The third-order valence-corrected chi connectivity index (χ3v) is 1.27. The first-order valence-corrected chi connectivity index (χ1v) is 3.19. The van der Waals surface area contributed by atoms with Gasteiger partial charge in [-0.05, 0) is 12.1 Å². The van der Waals surface area contributed by atoms with Crippen molar-refractivity contribution in [2.75, 3.05) is 6.79 Å². The van der Waals surface area contributed by atoms with E-state index in [0.29, 0.717) is 5.75 Å². The Morgan fingerprint density at radius 3 is 2.33 bits per heavy atom. The van der Waals surface area contributed by atoms with Gasteiger partial charge in [-0.15, -0.1) is 0 Å². The zero-order valence-corrected chi connectivity index (χ0v) is 6.10. The van der Waals surface area contributed by atoms with Gasteiger partial charge in [0.05, 0.1) is 4.92 Å². The van der Waals surface area contributed by atoms with Crippen molar-refractivity contribution in [2.24, 2.45) is 0 Å². The molecule has 0 spiro atoms. The molecule has 0 aliphatic heterocycles. The lowest BCUT2D eigenvalue weighted by Gasteiger charge is -1.98. The van der Waals surface area contributed by atoms with E-state index in [1.54, 1.807) is 0 Å². The lowest BCUT2D eigenvalue weighted by molar-refractivity contribution is -0.384. The molecule has 0 atom stereocenters. The van der Waals surface area contributed by atoms with E-state index in [-0.39, 0.29) is 5.69 Å². The van der Waals surface area contributed by atoms with Crippen LogP contribution >= 0.6 is 0 Å². The van der Waals surface area contributed by atoms with E-state index in [2.05, 4.69) is 4.74 Å². The van der Waals surface area contributed by atoms with Crippen molar-refractivity contribution >= 4 is 5.69 Å². The molecule has 0 saturated carbocycles. The number of nitro benzene ring substituents is 1. The summed E-state index contributed by atoms with van der Waals surface area (Å²) in [5, 5.41) is 20.1. The molecular weight excluding hydrogens is 162 g/mol.